The van der Waals surface area contributed by atoms with Crippen molar-refractivity contribution in [3.05, 3.63) is 109 Å². The number of hydrogen-bond acceptors (Lipinski definition) is 5. The van der Waals surface area contributed by atoms with Crippen LogP contribution in [0.3, 0.4) is 0 Å². The highest BCUT2D eigenvalue weighted by Crippen LogP contribution is 2.19. The lowest BCUT2D eigenvalue weighted by atomic mass is 10.1. The Hall–Kier alpha value is -4.52. The Morgan fingerprint density at radius 1 is 0.771 bits per heavy atom. The number of carbonyl (C=O) groups excluding carboxylic acids is 2. The van der Waals surface area contributed by atoms with Crippen molar-refractivity contribution in [1.82, 2.24) is 0 Å². The van der Waals surface area contributed by atoms with Crippen LogP contribution in [0.5, 0.6) is 5.75 Å². The third-order valence-corrected chi connectivity index (χ3v) is 5.16. The molecule has 0 aliphatic carbocycles. The predicted molar refractivity (Wildman–Crippen MR) is 137 cm³/mol. The van der Waals surface area contributed by atoms with Crippen LogP contribution < -0.4 is 20.7 Å². The molecule has 0 unspecified atom stereocenters. The maximum absolute atomic E-state index is 12.4. The number of carbonyl (C=O) groups is 2. The van der Waals surface area contributed by atoms with Gasteiger partial charge in [0.25, 0.3) is 5.91 Å². The van der Waals surface area contributed by atoms with Crippen LogP contribution >= 0.6 is 0 Å². The highest BCUT2D eigenvalue weighted by molar-refractivity contribution is 6.02. The van der Waals surface area contributed by atoms with Crippen LogP contribution in [0, 0.1) is 0 Å². The number of anilines is 3. The van der Waals surface area contributed by atoms with Gasteiger partial charge in [0.2, 0.25) is 5.91 Å². The normalized spacial score (nSPS) is 10.4. The number of rotatable bonds is 11. The number of amides is 2. The maximum atomic E-state index is 12.4. The molecular weight excluding hydrogens is 442 g/mol. The van der Waals surface area contributed by atoms with Gasteiger partial charge < -0.3 is 25.1 Å². The molecule has 1 aromatic heterocycles. The lowest BCUT2D eigenvalue weighted by Gasteiger charge is -2.11. The maximum Gasteiger partial charge on any atom is 0.291 e. The van der Waals surface area contributed by atoms with E-state index >= 15 is 0 Å². The molecule has 0 bridgehead atoms. The molecule has 7 nitrogen and oxygen atoms in total. The van der Waals surface area contributed by atoms with Crippen molar-refractivity contribution in [3.8, 4) is 5.75 Å². The monoisotopic (exact) mass is 469 g/mol. The zero-order valence-corrected chi connectivity index (χ0v) is 19.2. The van der Waals surface area contributed by atoms with Gasteiger partial charge in [-0.05, 0) is 60.9 Å². The number of aryl methyl sites for hydroxylation is 1. The van der Waals surface area contributed by atoms with Crippen LogP contribution in [0.25, 0.3) is 0 Å². The molecule has 3 N–H and O–H groups in total. The molecule has 35 heavy (non-hydrogen) atoms. The molecule has 0 aliphatic heterocycles. The second-order valence-electron chi connectivity index (χ2n) is 7.88. The smallest absolute Gasteiger partial charge is 0.291 e. The van der Waals surface area contributed by atoms with Crippen molar-refractivity contribution >= 4 is 28.9 Å². The van der Waals surface area contributed by atoms with Crippen molar-refractivity contribution in [2.45, 2.75) is 12.8 Å². The average molecular weight is 470 g/mol. The van der Waals surface area contributed by atoms with E-state index in [1.807, 2.05) is 48.5 Å². The zero-order valence-electron chi connectivity index (χ0n) is 19.2. The van der Waals surface area contributed by atoms with Gasteiger partial charge in [0.05, 0.1) is 19.4 Å². The molecule has 0 saturated heterocycles. The fraction of sp³-hybridized carbons (Fsp3) is 0.143. The minimum absolute atomic E-state index is 0.0672. The second-order valence-corrected chi connectivity index (χ2v) is 7.88. The number of furan rings is 1. The van der Waals surface area contributed by atoms with Gasteiger partial charge in [-0.3, -0.25) is 9.59 Å². The Balaban J connectivity index is 1.22. The molecule has 1 heterocycles. The van der Waals surface area contributed by atoms with Crippen LogP contribution in [0.1, 0.15) is 22.5 Å². The molecule has 4 aromatic rings. The summed E-state index contributed by atoms with van der Waals surface area (Å²) in [6.45, 7) is 0.665. The van der Waals surface area contributed by atoms with Gasteiger partial charge in [0.15, 0.2) is 5.76 Å². The Morgan fingerprint density at radius 2 is 1.54 bits per heavy atom. The Kier molecular flexibility index (Phi) is 8.16. The molecule has 0 spiro atoms. The summed E-state index contributed by atoms with van der Waals surface area (Å²) in [5.41, 5.74) is 3.24. The van der Waals surface area contributed by atoms with E-state index in [1.165, 1.54) is 11.8 Å². The molecule has 4 rings (SSSR count). The molecular formula is C28H27N3O4. The van der Waals surface area contributed by atoms with Crippen LogP contribution in [0.4, 0.5) is 17.1 Å². The van der Waals surface area contributed by atoms with E-state index in [9.17, 15) is 9.59 Å². The lowest BCUT2D eigenvalue weighted by molar-refractivity contribution is -0.114. The van der Waals surface area contributed by atoms with Crippen LogP contribution in [0.2, 0.25) is 0 Å². The first kappa shape index (κ1) is 23.6. The van der Waals surface area contributed by atoms with Gasteiger partial charge in [0.1, 0.15) is 5.75 Å². The lowest BCUT2D eigenvalue weighted by Crippen LogP contribution is -2.21. The average Bonchev–Trinajstić information content (AvgIpc) is 3.42. The molecule has 2 amide bonds. The Labute approximate surface area is 204 Å². The summed E-state index contributed by atoms with van der Waals surface area (Å²) in [7, 11) is 0. The molecule has 0 atom stereocenters. The third kappa shape index (κ3) is 7.50. The van der Waals surface area contributed by atoms with Crippen molar-refractivity contribution in [3.63, 3.8) is 0 Å². The summed E-state index contributed by atoms with van der Waals surface area (Å²) in [4.78, 5) is 24.6. The zero-order chi connectivity index (χ0) is 24.3. The van der Waals surface area contributed by atoms with Crippen LogP contribution in [-0.4, -0.2) is 25.0 Å². The molecule has 0 aliphatic rings. The van der Waals surface area contributed by atoms with Crippen LogP contribution in [-0.2, 0) is 11.2 Å². The quantitative estimate of drug-likeness (QED) is 0.249. The first-order valence-corrected chi connectivity index (χ1v) is 11.4. The summed E-state index contributed by atoms with van der Waals surface area (Å²) >= 11 is 0. The molecule has 0 saturated carbocycles. The van der Waals surface area contributed by atoms with E-state index in [0.717, 1.165) is 12.8 Å². The second kappa shape index (κ2) is 12.1. The fourth-order valence-electron chi connectivity index (χ4n) is 3.47. The summed E-state index contributed by atoms with van der Waals surface area (Å²) in [5.74, 6) is 0.400. The van der Waals surface area contributed by atoms with Crippen molar-refractivity contribution in [2.24, 2.45) is 0 Å². The molecule has 178 valence electrons. The standard InChI is InChI=1S/C28H27N3O4/c32-27(20-29-22-11-4-12-23(18-22)31-28(33)26-15-7-17-35-26)30-24-13-5-14-25(19-24)34-16-6-10-21-8-2-1-3-9-21/h1-5,7-9,11-15,17-19,29H,6,10,16,20H2,(H,30,32)(H,31,33). The number of hydrogen-bond donors (Lipinski definition) is 3. The Bertz CT molecular complexity index is 1240. The van der Waals surface area contributed by atoms with Gasteiger partial charge in [-0.15, -0.1) is 0 Å². The van der Waals surface area contributed by atoms with Gasteiger partial charge in [-0.2, -0.15) is 0 Å². The summed E-state index contributed by atoms with van der Waals surface area (Å²) in [6, 6.07) is 28.0. The summed E-state index contributed by atoms with van der Waals surface area (Å²) in [5, 5.41) is 8.70. The van der Waals surface area contributed by atoms with Gasteiger partial charge >= 0.3 is 0 Å². The van der Waals surface area contributed by atoms with Crippen molar-refractivity contribution in [2.75, 3.05) is 29.1 Å². The molecule has 7 heteroatoms. The minimum Gasteiger partial charge on any atom is -0.494 e. The van der Waals surface area contributed by atoms with E-state index in [-0.39, 0.29) is 24.1 Å². The minimum atomic E-state index is -0.341. The predicted octanol–water partition coefficient (Wildman–Crippen LogP) is 5.59. The van der Waals surface area contributed by atoms with E-state index < -0.39 is 0 Å². The summed E-state index contributed by atoms with van der Waals surface area (Å²) in [6.07, 6.45) is 3.31. The van der Waals surface area contributed by atoms with E-state index in [2.05, 4.69) is 28.1 Å². The highest BCUT2D eigenvalue weighted by Gasteiger charge is 2.09. The van der Waals surface area contributed by atoms with E-state index in [4.69, 9.17) is 9.15 Å². The van der Waals surface area contributed by atoms with E-state index in [0.29, 0.717) is 29.4 Å². The van der Waals surface area contributed by atoms with Crippen molar-refractivity contribution < 1.29 is 18.7 Å². The van der Waals surface area contributed by atoms with Gasteiger partial charge in [0, 0.05) is 23.1 Å². The highest BCUT2D eigenvalue weighted by atomic mass is 16.5. The topological polar surface area (TPSA) is 92.6 Å². The van der Waals surface area contributed by atoms with E-state index in [1.54, 1.807) is 30.3 Å². The fourth-order valence-corrected chi connectivity index (χ4v) is 3.47. The molecule has 0 radical (unpaired) electrons. The van der Waals surface area contributed by atoms with Gasteiger partial charge in [-0.1, -0.05) is 42.5 Å². The molecule has 3 aromatic carbocycles. The Morgan fingerprint density at radius 3 is 2.34 bits per heavy atom. The number of ether oxygens (including phenoxy) is 1. The van der Waals surface area contributed by atoms with Crippen LogP contribution in [0.15, 0.2) is 102 Å². The molecule has 0 fully saturated rings. The SMILES string of the molecule is O=C(CNc1cccc(NC(=O)c2ccco2)c1)Nc1cccc(OCCCc2ccccc2)c1. The first-order chi connectivity index (χ1) is 17.2. The third-order valence-electron chi connectivity index (χ3n) is 5.16. The van der Waals surface area contributed by atoms with Crippen molar-refractivity contribution in [1.29, 1.82) is 0 Å². The largest absolute Gasteiger partial charge is 0.494 e. The first-order valence-electron chi connectivity index (χ1n) is 11.4. The summed E-state index contributed by atoms with van der Waals surface area (Å²) < 4.78 is 10.9. The number of nitrogens with one attached hydrogen (secondary N) is 3. The van der Waals surface area contributed by atoms with Gasteiger partial charge in [-0.25, -0.2) is 0 Å². The number of benzene rings is 3.